The van der Waals surface area contributed by atoms with Crippen molar-refractivity contribution < 1.29 is 9.90 Å². The number of phenolic OH excluding ortho intramolecular Hbond substituents is 1. The number of aryl methyl sites for hydroxylation is 1. The number of hydrogen-bond donors (Lipinski definition) is 1. The first kappa shape index (κ1) is 13.1. The number of aromatic nitrogens is 1. The molecule has 4 nitrogen and oxygen atoms in total. The summed E-state index contributed by atoms with van der Waals surface area (Å²) < 4.78 is 0. The van der Waals surface area contributed by atoms with Crippen molar-refractivity contribution in [2.24, 2.45) is 0 Å². The molecule has 0 spiro atoms. The summed E-state index contributed by atoms with van der Waals surface area (Å²) in [6.07, 6.45) is 4.56. The highest BCUT2D eigenvalue weighted by molar-refractivity contribution is 5.93. The van der Waals surface area contributed by atoms with E-state index in [-0.39, 0.29) is 11.7 Å². The smallest absolute Gasteiger partial charge is 0.227 e. The molecular formula is C15H16N2O2. The molecule has 19 heavy (non-hydrogen) atoms. The Balaban J connectivity index is 1.96. The van der Waals surface area contributed by atoms with Gasteiger partial charge in [-0.2, -0.15) is 0 Å². The third-order valence-corrected chi connectivity index (χ3v) is 2.94. The molecule has 1 N–H and O–H groups in total. The lowest BCUT2D eigenvalue weighted by Gasteiger charge is -2.17. The minimum absolute atomic E-state index is 0.00875. The standard InChI is InChI=1S/C15H16N2O2/c1-17(13-5-2-6-14(18)10-13)15(19)8-7-12-4-3-9-16-11-12/h2-6,9-11,18H,7-8H2,1H3. The van der Waals surface area contributed by atoms with Gasteiger partial charge in [0.1, 0.15) is 5.75 Å². The Morgan fingerprint density at radius 2 is 2.16 bits per heavy atom. The molecule has 0 aliphatic carbocycles. The lowest BCUT2D eigenvalue weighted by atomic mass is 10.1. The van der Waals surface area contributed by atoms with Crippen molar-refractivity contribution in [1.29, 1.82) is 0 Å². The minimum Gasteiger partial charge on any atom is -0.508 e. The van der Waals surface area contributed by atoms with Gasteiger partial charge >= 0.3 is 0 Å². The fraction of sp³-hybridized carbons (Fsp3) is 0.200. The molecular weight excluding hydrogens is 240 g/mol. The molecule has 1 heterocycles. The Morgan fingerprint density at radius 3 is 2.84 bits per heavy atom. The highest BCUT2D eigenvalue weighted by atomic mass is 16.3. The minimum atomic E-state index is 0.00875. The van der Waals surface area contributed by atoms with Gasteiger partial charge in [-0.3, -0.25) is 9.78 Å². The first-order chi connectivity index (χ1) is 9.16. The predicted octanol–water partition coefficient (Wildman–Crippen LogP) is 2.38. The number of anilines is 1. The van der Waals surface area contributed by atoms with Crippen LogP contribution >= 0.6 is 0 Å². The second-order valence-corrected chi connectivity index (χ2v) is 4.33. The maximum Gasteiger partial charge on any atom is 0.227 e. The molecule has 1 aromatic heterocycles. The Kier molecular flexibility index (Phi) is 4.13. The van der Waals surface area contributed by atoms with Crippen LogP contribution in [0.3, 0.4) is 0 Å². The Labute approximate surface area is 112 Å². The van der Waals surface area contributed by atoms with E-state index in [4.69, 9.17) is 0 Å². The SMILES string of the molecule is CN(C(=O)CCc1cccnc1)c1cccc(O)c1. The van der Waals surface area contributed by atoms with Crippen LogP contribution in [0.1, 0.15) is 12.0 Å². The number of carbonyl (C=O) groups is 1. The number of amides is 1. The van der Waals surface area contributed by atoms with Crippen LogP contribution in [0.25, 0.3) is 0 Å². The van der Waals surface area contributed by atoms with Crippen LogP contribution in [0, 0.1) is 0 Å². The number of phenols is 1. The summed E-state index contributed by atoms with van der Waals surface area (Å²) in [5.41, 5.74) is 1.73. The topological polar surface area (TPSA) is 53.4 Å². The Bertz CT molecular complexity index is 555. The molecule has 2 rings (SSSR count). The van der Waals surface area contributed by atoms with E-state index in [9.17, 15) is 9.90 Å². The van der Waals surface area contributed by atoms with E-state index in [0.29, 0.717) is 18.5 Å². The number of carbonyl (C=O) groups excluding carboxylic acids is 1. The van der Waals surface area contributed by atoms with Gasteiger partial charge < -0.3 is 10.0 Å². The number of aromatic hydroxyl groups is 1. The molecule has 0 aliphatic heterocycles. The third-order valence-electron chi connectivity index (χ3n) is 2.94. The summed E-state index contributed by atoms with van der Waals surface area (Å²) in [5, 5.41) is 9.41. The number of rotatable bonds is 4. The van der Waals surface area contributed by atoms with Gasteiger partial charge in [-0.25, -0.2) is 0 Å². The second-order valence-electron chi connectivity index (χ2n) is 4.33. The van der Waals surface area contributed by atoms with Crippen LogP contribution in [0.4, 0.5) is 5.69 Å². The van der Waals surface area contributed by atoms with Gasteiger partial charge in [-0.1, -0.05) is 12.1 Å². The number of benzene rings is 1. The molecule has 0 atom stereocenters. The maximum atomic E-state index is 12.1. The molecule has 1 aromatic carbocycles. The zero-order valence-electron chi connectivity index (χ0n) is 10.8. The molecule has 0 unspecified atom stereocenters. The molecule has 0 bridgehead atoms. The van der Waals surface area contributed by atoms with Gasteiger partial charge in [0.05, 0.1) is 0 Å². The van der Waals surface area contributed by atoms with Crippen LogP contribution in [-0.4, -0.2) is 23.0 Å². The quantitative estimate of drug-likeness (QED) is 0.913. The van der Waals surface area contributed by atoms with Crippen molar-refractivity contribution in [2.45, 2.75) is 12.8 Å². The highest BCUT2D eigenvalue weighted by Crippen LogP contribution is 2.19. The Morgan fingerprint density at radius 1 is 1.32 bits per heavy atom. The Hall–Kier alpha value is -2.36. The zero-order chi connectivity index (χ0) is 13.7. The van der Waals surface area contributed by atoms with Gasteiger partial charge in [-0.05, 0) is 30.2 Å². The number of nitrogens with zero attached hydrogens (tertiary/aromatic N) is 2. The summed E-state index contributed by atoms with van der Waals surface area (Å²) in [6.45, 7) is 0. The summed E-state index contributed by atoms with van der Waals surface area (Å²) in [7, 11) is 1.71. The fourth-order valence-electron chi connectivity index (χ4n) is 1.81. The van der Waals surface area contributed by atoms with Gasteiger partial charge in [-0.15, -0.1) is 0 Å². The van der Waals surface area contributed by atoms with Crippen LogP contribution in [0.5, 0.6) is 5.75 Å². The molecule has 1 amide bonds. The molecule has 4 heteroatoms. The largest absolute Gasteiger partial charge is 0.508 e. The van der Waals surface area contributed by atoms with E-state index in [1.54, 1.807) is 48.6 Å². The average molecular weight is 256 g/mol. The van der Waals surface area contributed by atoms with Gasteiger partial charge in [0.25, 0.3) is 0 Å². The zero-order valence-corrected chi connectivity index (χ0v) is 10.8. The van der Waals surface area contributed by atoms with Crippen molar-refractivity contribution >= 4 is 11.6 Å². The molecule has 0 fully saturated rings. The maximum absolute atomic E-state index is 12.1. The summed E-state index contributed by atoms with van der Waals surface area (Å²) in [4.78, 5) is 17.6. The monoisotopic (exact) mass is 256 g/mol. The fourth-order valence-corrected chi connectivity index (χ4v) is 1.81. The number of hydrogen-bond acceptors (Lipinski definition) is 3. The highest BCUT2D eigenvalue weighted by Gasteiger charge is 2.11. The van der Waals surface area contributed by atoms with E-state index in [2.05, 4.69) is 4.98 Å². The van der Waals surface area contributed by atoms with Crippen molar-refractivity contribution in [3.8, 4) is 5.75 Å². The van der Waals surface area contributed by atoms with E-state index in [1.807, 2.05) is 12.1 Å². The van der Waals surface area contributed by atoms with Gasteiger partial charge in [0, 0.05) is 37.6 Å². The second kappa shape index (κ2) is 6.00. The molecule has 0 saturated heterocycles. The first-order valence-corrected chi connectivity index (χ1v) is 6.11. The average Bonchev–Trinajstić information content (AvgIpc) is 2.45. The molecule has 2 aromatic rings. The normalized spacial score (nSPS) is 10.2. The van der Waals surface area contributed by atoms with Crippen LogP contribution in [0.15, 0.2) is 48.8 Å². The van der Waals surface area contributed by atoms with Crippen LogP contribution in [0.2, 0.25) is 0 Å². The van der Waals surface area contributed by atoms with Crippen LogP contribution < -0.4 is 4.90 Å². The van der Waals surface area contributed by atoms with E-state index < -0.39 is 0 Å². The summed E-state index contributed by atoms with van der Waals surface area (Å²) in [6, 6.07) is 10.5. The number of pyridine rings is 1. The van der Waals surface area contributed by atoms with E-state index in [0.717, 1.165) is 5.56 Å². The first-order valence-electron chi connectivity index (χ1n) is 6.11. The lowest BCUT2D eigenvalue weighted by molar-refractivity contribution is -0.118. The molecule has 98 valence electrons. The van der Waals surface area contributed by atoms with Crippen LogP contribution in [-0.2, 0) is 11.2 Å². The van der Waals surface area contributed by atoms with Gasteiger partial charge in [0.2, 0.25) is 5.91 Å². The molecule has 0 saturated carbocycles. The predicted molar refractivity (Wildman–Crippen MR) is 74.1 cm³/mol. The van der Waals surface area contributed by atoms with E-state index >= 15 is 0 Å². The van der Waals surface area contributed by atoms with Gasteiger partial charge in [0.15, 0.2) is 0 Å². The van der Waals surface area contributed by atoms with Crippen molar-refractivity contribution in [3.63, 3.8) is 0 Å². The summed E-state index contributed by atoms with van der Waals surface area (Å²) >= 11 is 0. The molecule has 0 radical (unpaired) electrons. The third kappa shape index (κ3) is 3.55. The van der Waals surface area contributed by atoms with Crippen molar-refractivity contribution in [1.82, 2.24) is 4.98 Å². The lowest BCUT2D eigenvalue weighted by Crippen LogP contribution is -2.26. The summed E-state index contributed by atoms with van der Waals surface area (Å²) in [5.74, 6) is 0.166. The molecule has 0 aliphatic rings. The van der Waals surface area contributed by atoms with E-state index in [1.165, 1.54) is 0 Å². The van der Waals surface area contributed by atoms with Crippen molar-refractivity contribution in [2.75, 3.05) is 11.9 Å². The van der Waals surface area contributed by atoms with Crippen molar-refractivity contribution in [3.05, 3.63) is 54.4 Å².